The predicted octanol–water partition coefficient (Wildman–Crippen LogP) is 11.2. The molecule has 2 heterocycles. The number of alkyl halides is 4. The molecule has 1 aliphatic carbocycles. The van der Waals surface area contributed by atoms with Crippen LogP contribution in [-0.2, 0) is 9.47 Å². The first-order valence-electron chi connectivity index (χ1n) is 29.0. The fraction of sp³-hybridized carbons (Fsp3) is 0.310. The van der Waals surface area contributed by atoms with Crippen molar-refractivity contribution in [2.45, 2.75) is 83.1 Å². The minimum absolute atomic E-state index is 0. The molecule has 0 saturated carbocycles. The largest absolute Gasteiger partial charge is 1.00 e. The minimum atomic E-state index is -1.91. The first kappa shape index (κ1) is 67.8. The summed E-state index contributed by atoms with van der Waals surface area (Å²) in [6, 6.07) is 48.2. The van der Waals surface area contributed by atoms with Gasteiger partial charge >= 0.3 is 57.7 Å². The Hall–Kier alpha value is -4.70. The molecule has 3 aliphatic rings. The van der Waals surface area contributed by atoms with Crippen molar-refractivity contribution in [1.82, 2.24) is 0 Å². The molecule has 0 unspecified atom stereocenters. The van der Waals surface area contributed by atoms with Gasteiger partial charge in [0.15, 0.2) is 23.0 Å². The van der Waals surface area contributed by atoms with Crippen molar-refractivity contribution in [3.63, 3.8) is 0 Å². The summed E-state index contributed by atoms with van der Waals surface area (Å²) in [6.07, 6.45) is -3.75. The number of para-hydroxylation sites is 4. The molecule has 14 heteroatoms. The second-order valence-corrected chi connectivity index (χ2v) is 24.1. The van der Waals surface area contributed by atoms with Crippen molar-refractivity contribution in [1.29, 1.82) is 0 Å². The molecule has 11 rings (SSSR count). The van der Waals surface area contributed by atoms with E-state index in [1.165, 1.54) is 122 Å². The van der Waals surface area contributed by atoms with Crippen molar-refractivity contribution in [3.05, 3.63) is 205 Å². The number of halogens is 4. The molecule has 0 aromatic heterocycles. The zero-order chi connectivity index (χ0) is 60.3. The van der Waals surface area contributed by atoms with Crippen molar-refractivity contribution in [2.75, 3.05) is 63.5 Å². The normalized spacial score (nSPS) is 14.4. The van der Waals surface area contributed by atoms with Gasteiger partial charge in [-0.1, -0.05) is 176 Å². The Morgan fingerprint density at radius 2 is 0.635 bits per heavy atom. The molecule has 85 heavy (non-hydrogen) atoms. The standard InChI is InChI=1S/C49H50B2N.C20H24O6.2CH2Cl2.K/c1-28-19-32(5)46(33(6)20-28)50(47-34(7)21-29(2)22-35(47)8)27-52-51(48-36(9)23-30(3)24-37(48)10,49-38(11)25-31(4)26-39(49)12)43-18-14-16-41-40-15-13-17-42(50)44(40)45(41)43;1-2-6-18-17(5-1)23-13-9-21-11-15-25-19-7-3-4-8-20(19)26-16-12-22-10-14-24-18;2*2-1-3;/h13-26H,1-12H3;1-8H,9-16H2;2*1H2;/q-1;;;;+1. The summed E-state index contributed by atoms with van der Waals surface area (Å²) in [5.74, 6) is 7.13. The molecule has 0 N–H and O–H groups in total. The third kappa shape index (κ3) is 14.6. The third-order valence-electron chi connectivity index (χ3n) is 16.4. The van der Waals surface area contributed by atoms with E-state index in [1.807, 2.05) is 48.5 Å². The first-order chi connectivity index (χ1) is 40.5. The molecule has 0 atom stereocenters. The van der Waals surface area contributed by atoms with E-state index in [1.54, 1.807) is 0 Å². The molecule has 0 fully saturated rings. The zero-order valence-corrected chi connectivity index (χ0v) is 58.0. The van der Waals surface area contributed by atoms with Gasteiger partial charge in [-0.2, -0.15) is 16.4 Å². The monoisotopic (exact) mass is 1240 g/mol. The summed E-state index contributed by atoms with van der Waals surface area (Å²) in [5.41, 5.74) is 28.9. The Labute approximate surface area is 568 Å². The van der Waals surface area contributed by atoms with Crippen LogP contribution in [0.3, 0.4) is 0 Å². The molecule has 0 bridgehead atoms. The summed E-state index contributed by atoms with van der Waals surface area (Å²) < 4.78 is 40.3. The zero-order valence-electron chi connectivity index (χ0n) is 51.8. The molecule has 438 valence electrons. The fourth-order valence-corrected chi connectivity index (χ4v) is 14.2. The van der Waals surface area contributed by atoms with Crippen LogP contribution in [0.5, 0.6) is 23.0 Å². The Bertz CT molecular complexity index is 3230. The first-order valence-corrected chi connectivity index (χ1v) is 31.1. The molecular weight excluding hydrogens is 1170 g/mol. The van der Waals surface area contributed by atoms with E-state index in [-0.39, 0.29) is 62.1 Å². The van der Waals surface area contributed by atoms with Gasteiger partial charge in [-0.05, 0) is 136 Å². The Morgan fingerprint density at radius 3 is 0.941 bits per heavy atom. The summed E-state index contributed by atoms with van der Waals surface area (Å²) in [6.45, 7) is 31.0. The Morgan fingerprint density at radius 1 is 0.365 bits per heavy atom. The number of hydrogen-bond donors (Lipinski definition) is 0. The van der Waals surface area contributed by atoms with E-state index in [9.17, 15) is 0 Å². The molecule has 0 amide bonds. The van der Waals surface area contributed by atoms with Crippen molar-refractivity contribution in [3.8, 4) is 51.2 Å². The number of ether oxygens (including phenoxy) is 6. The van der Waals surface area contributed by atoms with E-state index in [0.29, 0.717) is 75.9 Å². The van der Waals surface area contributed by atoms with Gasteiger partial charge in [0.1, 0.15) is 26.4 Å². The third-order valence-corrected chi connectivity index (χ3v) is 16.4. The number of rotatable bonds is 4. The fourth-order valence-electron chi connectivity index (χ4n) is 14.2. The summed E-state index contributed by atoms with van der Waals surface area (Å²) in [7, 11) is 0. The van der Waals surface area contributed by atoms with Crippen LogP contribution in [0.1, 0.15) is 66.8 Å². The van der Waals surface area contributed by atoms with Crippen LogP contribution in [0.15, 0.2) is 133 Å². The van der Waals surface area contributed by atoms with Gasteiger partial charge in [0, 0.05) is 0 Å². The van der Waals surface area contributed by atoms with E-state index in [0.717, 1.165) is 0 Å². The molecule has 0 spiro atoms. The van der Waals surface area contributed by atoms with Crippen molar-refractivity contribution >= 4 is 91.6 Å². The quantitative estimate of drug-likeness (QED) is 0.129. The second-order valence-electron chi connectivity index (χ2n) is 22.4. The van der Waals surface area contributed by atoms with Crippen LogP contribution in [0.25, 0.3) is 27.0 Å². The van der Waals surface area contributed by atoms with E-state index in [2.05, 4.69) is 174 Å². The summed E-state index contributed by atoms with van der Waals surface area (Å²) in [4.78, 5) is 0. The number of fused-ring (bicyclic) bond motifs is 3. The second kappa shape index (κ2) is 31.0. The van der Waals surface area contributed by atoms with Crippen LogP contribution in [0.2, 0.25) is 0 Å². The van der Waals surface area contributed by atoms with Gasteiger partial charge in [0.25, 0.3) is 0 Å². The van der Waals surface area contributed by atoms with E-state index >= 15 is 0 Å². The molecule has 2 aliphatic heterocycles. The number of nitrogens with zero attached hydrogens (tertiary/aromatic N) is 1. The average Bonchev–Trinajstić information content (AvgIpc) is 0.685. The Kier molecular flexibility index (Phi) is 24.7. The maximum atomic E-state index is 6.28. The SMILES string of the molecule is Cc1cc(C)c([B-]2(c3c(C)cc(C)cc3C)C#[N+][B-](c3c(C)cc(C)cc3C)(c3c(C)cc(C)cc3C)c3cccc4c3-c3c-4cccc32)c(C)c1.ClCCl.ClCCl.[K+].c1ccc2c(c1)OCCOCCOc1ccccc1OCCOCCO2. The van der Waals surface area contributed by atoms with Crippen molar-refractivity contribution in [2.24, 2.45) is 0 Å². The van der Waals surface area contributed by atoms with Gasteiger partial charge in [-0.3, -0.25) is 0 Å². The van der Waals surface area contributed by atoms with Gasteiger partial charge < -0.3 is 33.2 Å². The van der Waals surface area contributed by atoms with E-state index in [4.69, 9.17) is 79.6 Å². The topological polar surface area (TPSA) is 59.7 Å². The van der Waals surface area contributed by atoms with Crippen LogP contribution in [0, 0.1) is 89.1 Å². The van der Waals surface area contributed by atoms with Crippen LogP contribution in [0.4, 0.5) is 0 Å². The van der Waals surface area contributed by atoms with Gasteiger partial charge in [-0.25, -0.2) is 0 Å². The van der Waals surface area contributed by atoms with Crippen LogP contribution < -0.4 is 103 Å². The number of aryl methyl sites for hydroxylation is 12. The molecular formula is C71H78B2Cl4KNO6. The van der Waals surface area contributed by atoms with Gasteiger partial charge in [0.05, 0.1) is 37.1 Å². The average molecular weight is 1240 g/mol. The number of benzene rings is 8. The summed E-state index contributed by atoms with van der Waals surface area (Å²) in [5, 5.41) is 0.389. The summed E-state index contributed by atoms with van der Waals surface area (Å²) >= 11 is 19.1. The Balaban J connectivity index is 0.000000263. The van der Waals surface area contributed by atoms with Gasteiger partial charge in [-0.15, -0.1) is 62.8 Å². The molecule has 0 saturated heterocycles. The maximum absolute atomic E-state index is 6.28. The van der Waals surface area contributed by atoms with Crippen molar-refractivity contribution < 1.29 is 79.8 Å². The molecule has 0 radical (unpaired) electrons. The molecule has 8 aromatic carbocycles. The van der Waals surface area contributed by atoms with Gasteiger partial charge in [0.2, 0.25) is 6.15 Å². The number of hydrogen-bond acceptors (Lipinski definition) is 6. The van der Waals surface area contributed by atoms with E-state index < -0.39 is 12.4 Å². The molecule has 8 aromatic rings. The molecule has 7 nitrogen and oxygen atoms in total. The van der Waals surface area contributed by atoms with Crippen LogP contribution in [-0.4, -0.2) is 76.0 Å². The minimum Gasteiger partial charge on any atom is -0.487 e. The maximum Gasteiger partial charge on any atom is 1.00 e. The predicted molar refractivity (Wildman–Crippen MR) is 360 cm³/mol. The smallest absolute Gasteiger partial charge is 0.487 e. The van der Waals surface area contributed by atoms with Crippen LogP contribution >= 0.6 is 46.4 Å².